The van der Waals surface area contributed by atoms with Gasteiger partial charge in [0.15, 0.2) is 11.6 Å². The minimum absolute atomic E-state index is 0.0662. The van der Waals surface area contributed by atoms with E-state index in [1.54, 1.807) is 24.3 Å². The van der Waals surface area contributed by atoms with Gasteiger partial charge < -0.3 is 0 Å². The maximum Gasteiger partial charge on any atom is 0.265 e. The van der Waals surface area contributed by atoms with Crippen molar-refractivity contribution in [1.82, 2.24) is 9.78 Å². The second-order valence-corrected chi connectivity index (χ2v) is 8.43. The van der Waals surface area contributed by atoms with Crippen LogP contribution in [0.1, 0.15) is 0 Å². The summed E-state index contributed by atoms with van der Waals surface area (Å²) in [5.74, 6) is -2.20. The lowest BCUT2D eigenvalue weighted by atomic mass is 10.3. The highest BCUT2D eigenvalue weighted by molar-refractivity contribution is 7.92. The fourth-order valence-electron chi connectivity index (χ4n) is 2.62. The molecule has 0 amide bonds. The zero-order valence-corrected chi connectivity index (χ0v) is 15.8. The summed E-state index contributed by atoms with van der Waals surface area (Å²) in [5, 5.41) is 6.25. The highest BCUT2D eigenvalue weighted by atomic mass is 32.2. The van der Waals surface area contributed by atoms with Crippen LogP contribution in [0.25, 0.3) is 16.3 Å². The van der Waals surface area contributed by atoms with Crippen LogP contribution in [0.15, 0.2) is 77.1 Å². The van der Waals surface area contributed by atoms with Crippen LogP contribution in [0.2, 0.25) is 0 Å². The third-order valence-corrected chi connectivity index (χ3v) is 6.18. The number of nitrogens with zero attached hydrogens (tertiary/aromatic N) is 2. The minimum atomic E-state index is -4.10. The molecule has 0 spiro atoms. The number of anilines is 1. The van der Waals surface area contributed by atoms with Gasteiger partial charge >= 0.3 is 0 Å². The van der Waals surface area contributed by atoms with E-state index < -0.39 is 21.7 Å². The van der Waals surface area contributed by atoms with E-state index in [1.807, 2.05) is 23.6 Å². The number of aromatic nitrogens is 2. The molecule has 5 nitrogen and oxygen atoms in total. The van der Waals surface area contributed by atoms with Crippen LogP contribution < -0.4 is 4.72 Å². The number of para-hydroxylation sites is 1. The van der Waals surface area contributed by atoms with E-state index in [-0.39, 0.29) is 16.3 Å². The summed E-state index contributed by atoms with van der Waals surface area (Å²) < 4.78 is 56.3. The number of benzene rings is 2. The number of hydrogen-bond acceptors (Lipinski definition) is 4. The Morgan fingerprint density at radius 1 is 0.964 bits per heavy atom. The lowest BCUT2D eigenvalue weighted by molar-refractivity contribution is 0.509. The molecule has 2 heterocycles. The van der Waals surface area contributed by atoms with Crippen molar-refractivity contribution in [3.63, 3.8) is 0 Å². The summed E-state index contributed by atoms with van der Waals surface area (Å²) in [5.41, 5.74) is 0.881. The first-order chi connectivity index (χ1) is 13.4. The molecule has 28 heavy (non-hydrogen) atoms. The molecule has 0 fully saturated rings. The van der Waals surface area contributed by atoms with Crippen molar-refractivity contribution in [2.45, 2.75) is 4.90 Å². The zero-order valence-electron chi connectivity index (χ0n) is 14.2. The van der Waals surface area contributed by atoms with Gasteiger partial charge in [-0.05, 0) is 35.7 Å². The van der Waals surface area contributed by atoms with Gasteiger partial charge in [-0.1, -0.05) is 24.3 Å². The fourth-order valence-corrected chi connectivity index (χ4v) is 4.60. The molecule has 2 aromatic heterocycles. The summed E-state index contributed by atoms with van der Waals surface area (Å²) >= 11 is 1.35. The second-order valence-electron chi connectivity index (χ2n) is 5.83. The van der Waals surface area contributed by atoms with Crippen LogP contribution in [0, 0.1) is 11.6 Å². The first-order valence-corrected chi connectivity index (χ1v) is 10.5. The Labute approximate surface area is 163 Å². The summed E-state index contributed by atoms with van der Waals surface area (Å²) in [6, 6.07) is 15.4. The average Bonchev–Trinajstić information content (AvgIpc) is 3.35. The van der Waals surface area contributed by atoms with Gasteiger partial charge in [-0.2, -0.15) is 5.10 Å². The third-order valence-electron chi connectivity index (χ3n) is 3.92. The summed E-state index contributed by atoms with van der Waals surface area (Å²) in [7, 11) is -4.10. The van der Waals surface area contributed by atoms with E-state index >= 15 is 0 Å². The van der Waals surface area contributed by atoms with Crippen LogP contribution >= 0.6 is 11.3 Å². The van der Waals surface area contributed by atoms with Gasteiger partial charge in [0.2, 0.25) is 0 Å². The smallest absolute Gasteiger partial charge is 0.265 e. The van der Waals surface area contributed by atoms with Gasteiger partial charge in [0.1, 0.15) is 10.6 Å². The molecule has 0 saturated carbocycles. The molecule has 4 aromatic rings. The average molecular weight is 417 g/mol. The number of nitrogens with one attached hydrogen (secondary N) is 1. The lowest BCUT2D eigenvalue weighted by Gasteiger charge is -2.08. The molecule has 0 aliphatic carbocycles. The third kappa shape index (κ3) is 3.54. The number of sulfonamides is 1. The summed E-state index contributed by atoms with van der Waals surface area (Å²) in [6.45, 7) is 0. The molecule has 0 atom stereocenters. The van der Waals surface area contributed by atoms with Gasteiger partial charge in [0, 0.05) is 6.07 Å². The van der Waals surface area contributed by atoms with Gasteiger partial charge in [0.25, 0.3) is 10.0 Å². The highest BCUT2D eigenvalue weighted by Crippen LogP contribution is 2.31. The molecule has 0 unspecified atom stereocenters. The van der Waals surface area contributed by atoms with E-state index in [0.29, 0.717) is 10.6 Å². The Morgan fingerprint density at radius 2 is 1.75 bits per heavy atom. The number of thiophene rings is 1. The minimum Gasteiger partial charge on any atom is -0.279 e. The Bertz CT molecular complexity index is 1220. The van der Waals surface area contributed by atoms with E-state index in [2.05, 4.69) is 9.82 Å². The van der Waals surface area contributed by atoms with Crippen LogP contribution in [-0.4, -0.2) is 18.2 Å². The standard InChI is InChI=1S/C19H13F2N3O2S2/c20-15-9-8-13(11-16(15)21)23-28(25,26)18-12-24(14-5-2-1-3-6-14)22-19(18)17-7-4-10-27-17/h1-12,23H. The van der Waals surface area contributed by atoms with Gasteiger partial charge in [-0.3, -0.25) is 4.72 Å². The Balaban J connectivity index is 1.80. The van der Waals surface area contributed by atoms with Crippen molar-refractivity contribution in [2.24, 2.45) is 0 Å². The van der Waals surface area contributed by atoms with E-state index in [4.69, 9.17) is 0 Å². The SMILES string of the molecule is O=S(=O)(Nc1ccc(F)c(F)c1)c1cn(-c2ccccc2)nc1-c1cccs1. The first-order valence-electron chi connectivity index (χ1n) is 8.11. The monoisotopic (exact) mass is 417 g/mol. The second kappa shape index (κ2) is 7.17. The maximum atomic E-state index is 13.5. The van der Waals surface area contributed by atoms with Crippen molar-refractivity contribution in [1.29, 1.82) is 0 Å². The quantitative estimate of drug-likeness (QED) is 0.513. The molecule has 142 valence electrons. The van der Waals surface area contributed by atoms with Crippen LogP contribution in [-0.2, 0) is 10.0 Å². The molecule has 0 radical (unpaired) electrons. The zero-order chi connectivity index (χ0) is 19.7. The Hall–Kier alpha value is -3.04. The molecule has 0 saturated heterocycles. The van der Waals surface area contributed by atoms with Crippen LogP contribution in [0.3, 0.4) is 0 Å². The molecular formula is C19H13F2N3O2S2. The largest absolute Gasteiger partial charge is 0.279 e. The van der Waals surface area contributed by atoms with Crippen molar-refractivity contribution >= 4 is 27.0 Å². The molecule has 0 aliphatic rings. The molecule has 4 rings (SSSR count). The van der Waals surface area contributed by atoms with Crippen molar-refractivity contribution in [3.8, 4) is 16.3 Å². The molecular weight excluding hydrogens is 404 g/mol. The molecule has 1 N–H and O–H groups in total. The van der Waals surface area contributed by atoms with E-state index in [9.17, 15) is 17.2 Å². The molecule has 0 aliphatic heterocycles. The number of halogens is 2. The Kier molecular flexibility index (Phi) is 4.70. The number of rotatable bonds is 5. The van der Waals surface area contributed by atoms with Gasteiger partial charge in [0.05, 0.1) is 22.4 Å². The Morgan fingerprint density at radius 3 is 2.43 bits per heavy atom. The van der Waals surface area contributed by atoms with Crippen LogP contribution in [0.4, 0.5) is 14.5 Å². The predicted octanol–water partition coefficient (Wildman–Crippen LogP) is 4.68. The number of hydrogen-bond donors (Lipinski definition) is 1. The maximum absolute atomic E-state index is 13.5. The van der Waals surface area contributed by atoms with Crippen LogP contribution in [0.5, 0.6) is 0 Å². The highest BCUT2D eigenvalue weighted by Gasteiger charge is 2.25. The van der Waals surface area contributed by atoms with Crippen molar-refractivity contribution in [3.05, 3.63) is 83.9 Å². The van der Waals surface area contributed by atoms with Crippen molar-refractivity contribution < 1.29 is 17.2 Å². The first kappa shape index (κ1) is 18.3. The summed E-state index contributed by atoms with van der Waals surface area (Å²) in [6.07, 6.45) is 1.40. The lowest BCUT2D eigenvalue weighted by Crippen LogP contribution is -2.13. The fraction of sp³-hybridized carbons (Fsp3) is 0. The topological polar surface area (TPSA) is 64.0 Å². The molecule has 0 bridgehead atoms. The normalized spacial score (nSPS) is 11.5. The van der Waals surface area contributed by atoms with Gasteiger partial charge in [-0.15, -0.1) is 11.3 Å². The molecule has 2 aromatic carbocycles. The van der Waals surface area contributed by atoms with Crippen molar-refractivity contribution in [2.75, 3.05) is 4.72 Å². The predicted molar refractivity (Wildman–Crippen MR) is 104 cm³/mol. The van der Waals surface area contributed by atoms with Gasteiger partial charge in [-0.25, -0.2) is 21.9 Å². The summed E-state index contributed by atoms with van der Waals surface area (Å²) in [4.78, 5) is 0.601. The van der Waals surface area contributed by atoms with E-state index in [1.165, 1.54) is 22.2 Å². The van der Waals surface area contributed by atoms with E-state index in [0.717, 1.165) is 18.2 Å². The molecule has 9 heteroatoms.